The number of H-pyrrole nitrogens is 1. The first-order valence-electron chi connectivity index (χ1n) is 7.52. The largest absolute Gasteiger partial charge is 0.406 e. The van der Waals surface area contributed by atoms with Gasteiger partial charge in [-0.1, -0.05) is 12.1 Å². The topological polar surface area (TPSA) is 63.6 Å². The van der Waals surface area contributed by atoms with Gasteiger partial charge in [0.1, 0.15) is 12.4 Å². The normalized spacial score (nSPS) is 12.2. The molecule has 0 spiro atoms. The van der Waals surface area contributed by atoms with E-state index in [0.29, 0.717) is 9.95 Å². The quantitative estimate of drug-likeness (QED) is 0.554. The predicted octanol–water partition coefficient (Wildman–Crippen LogP) is 3.64. The molecule has 0 radical (unpaired) electrons. The van der Waals surface area contributed by atoms with Crippen LogP contribution in [-0.2, 0) is 6.54 Å². The van der Waals surface area contributed by atoms with E-state index in [1.54, 1.807) is 6.07 Å². The molecule has 3 aromatic heterocycles. The molecular formula is C17H10F4N4O. The van der Waals surface area contributed by atoms with Gasteiger partial charge in [-0.2, -0.15) is 18.3 Å². The number of halogens is 4. The summed E-state index contributed by atoms with van der Waals surface area (Å²) in [4.78, 5) is 16.7. The van der Waals surface area contributed by atoms with Gasteiger partial charge in [-0.05, 0) is 18.2 Å². The van der Waals surface area contributed by atoms with Crippen molar-refractivity contribution in [3.63, 3.8) is 0 Å². The Labute approximate surface area is 142 Å². The Balaban J connectivity index is 2.08. The van der Waals surface area contributed by atoms with E-state index in [4.69, 9.17) is 0 Å². The van der Waals surface area contributed by atoms with Crippen LogP contribution in [0.2, 0.25) is 0 Å². The lowest BCUT2D eigenvalue weighted by Gasteiger charge is -2.14. The van der Waals surface area contributed by atoms with Gasteiger partial charge in [0, 0.05) is 17.1 Å². The summed E-state index contributed by atoms with van der Waals surface area (Å²) in [6.07, 6.45) is -2.12. The van der Waals surface area contributed by atoms with Crippen LogP contribution in [-0.4, -0.2) is 25.9 Å². The smallest absolute Gasteiger partial charge is 0.298 e. The lowest BCUT2D eigenvalue weighted by atomic mass is 10.1. The van der Waals surface area contributed by atoms with E-state index in [9.17, 15) is 22.4 Å². The number of hydrogen-bond acceptors (Lipinski definition) is 3. The van der Waals surface area contributed by atoms with Gasteiger partial charge < -0.3 is 0 Å². The highest BCUT2D eigenvalue weighted by Gasteiger charge is 2.30. The SMILES string of the molecule is O=c1c2cn[nH]c2c2cnc(-c3ccccc3F)cc2n1CC(F)(F)F. The molecular weight excluding hydrogens is 352 g/mol. The van der Waals surface area contributed by atoms with Crippen LogP contribution in [0.4, 0.5) is 17.6 Å². The van der Waals surface area contributed by atoms with Crippen molar-refractivity contribution in [1.29, 1.82) is 0 Å². The number of fused-ring (bicyclic) bond motifs is 3. The molecule has 0 atom stereocenters. The third-order valence-electron chi connectivity index (χ3n) is 4.04. The molecule has 3 heterocycles. The Morgan fingerprint density at radius 2 is 1.88 bits per heavy atom. The average molecular weight is 362 g/mol. The maximum absolute atomic E-state index is 14.0. The number of aromatic nitrogens is 4. The summed E-state index contributed by atoms with van der Waals surface area (Å²) in [6.45, 7) is -1.47. The molecule has 132 valence electrons. The second kappa shape index (κ2) is 5.65. The molecule has 1 N–H and O–H groups in total. The third-order valence-corrected chi connectivity index (χ3v) is 4.04. The van der Waals surface area contributed by atoms with Crippen molar-refractivity contribution < 1.29 is 17.6 Å². The number of pyridine rings is 2. The van der Waals surface area contributed by atoms with E-state index in [1.165, 1.54) is 36.7 Å². The van der Waals surface area contributed by atoms with E-state index in [0.717, 1.165) is 0 Å². The van der Waals surface area contributed by atoms with Gasteiger partial charge in [0.05, 0.1) is 28.3 Å². The zero-order valence-electron chi connectivity index (χ0n) is 13.0. The minimum atomic E-state index is -4.60. The molecule has 0 aliphatic rings. The van der Waals surface area contributed by atoms with Gasteiger partial charge in [0.25, 0.3) is 5.56 Å². The fourth-order valence-electron chi connectivity index (χ4n) is 2.92. The summed E-state index contributed by atoms with van der Waals surface area (Å²) in [5, 5.41) is 6.67. The Kier molecular flexibility index (Phi) is 3.53. The monoisotopic (exact) mass is 362 g/mol. The zero-order valence-corrected chi connectivity index (χ0v) is 13.0. The molecule has 0 saturated carbocycles. The summed E-state index contributed by atoms with van der Waals surface area (Å²) in [5.74, 6) is -0.563. The highest BCUT2D eigenvalue weighted by atomic mass is 19.4. The third kappa shape index (κ3) is 2.61. The fourth-order valence-corrected chi connectivity index (χ4v) is 2.92. The number of alkyl halides is 3. The second-order valence-electron chi connectivity index (χ2n) is 5.73. The van der Waals surface area contributed by atoms with Gasteiger partial charge in [0.15, 0.2) is 0 Å². The molecule has 9 heteroatoms. The molecule has 0 aliphatic heterocycles. The molecule has 4 rings (SSSR count). The number of hydrogen-bond donors (Lipinski definition) is 1. The first-order valence-corrected chi connectivity index (χ1v) is 7.52. The summed E-state index contributed by atoms with van der Waals surface area (Å²) >= 11 is 0. The molecule has 0 saturated heterocycles. The van der Waals surface area contributed by atoms with Crippen molar-refractivity contribution in [2.75, 3.05) is 0 Å². The summed E-state index contributed by atoms with van der Waals surface area (Å²) in [7, 11) is 0. The molecule has 5 nitrogen and oxygen atoms in total. The van der Waals surface area contributed by atoms with Crippen LogP contribution in [0.5, 0.6) is 0 Å². The van der Waals surface area contributed by atoms with Crippen LogP contribution in [0.1, 0.15) is 0 Å². The number of aromatic amines is 1. The molecule has 0 fully saturated rings. The average Bonchev–Trinajstić information content (AvgIpc) is 3.08. The molecule has 0 amide bonds. The Morgan fingerprint density at radius 3 is 2.62 bits per heavy atom. The number of rotatable bonds is 2. The standard InChI is InChI=1S/C17H10F4N4O/c18-12-4-2-1-3-9(12)13-5-14-10(6-22-13)15-11(7-23-24-15)16(26)25(14)8-17(19,20)21/h1-7H,8H2,(H,23,24). The highest BCUT2D eigenvalue weighted by molar-refractivity contribution is 6.03. The first kappa shape index (κ1) is 16.2. The van der Waals surface area contributed by atoms with Crippen molar-refractivity contribution in [1.82, 2.24) is 19.7 Å². The minimum absolute atomic E-state index is 0.00247. The van der Waals surface area contributed by atoms with Crippen molar-refractivity contribution in [2.45, 2.75) is 12.7 Å². The van der Waals surface area contributed by atoms with Crippen molar-refractivity contribution in [2.24, 2.45) is 0 Å². The van der Waals surface area contributed by atoms with Gasteiger partial charge >= 0.3 is 6.18 Å². The summed E-state index contributed by atoms with van der Waals surface area (Å²) < 4.78 is 53.6. The molecule has 4 aromatic rings. The number of benzene rings is 1. The molecule has 0 aliphatic carbocycles. The lowest BCUT2D eigenvalue weighted by molar-refractivity contribution is -0.140. The van der Waals surface area contributed by atoms with Crippen LogP contribution in [0, 0.1) is 5.82 Å². The molecule has 0 unspecified atom stereocenters. The Morgan fingerprint density at radius 1 is 1.12 bits per heavy atom. The van der Waals surface area contributed by atoms with Crippen LogP contribution in [0.3, 0.4) is 0 Å². The zero-order chi connectivity index (χ0) is 18.5. The van der Waals surface area contributed by atoms with E-state index in [2.05, 4.69) is 15.2 Å². The highest BCUT2D eigenvalue weighted by Crippen LogP contribution is 2.28. The van der Waals surface area contributed by atoms with Gasteiger partial charge in [-0.15, -0.1) is 0 Å². The van der Waals surface area contributed by atoms with Gasteiger partial charge in [-0.3, -0.25) is 19.4 Å². The number of nitrogens with one attached hydrogen (secondary N) is 1. The molecule has 0 bridgehead atoms. The predicted molar refractivity (Wildman–Crippen MR) is 87.1 cm³/mol. The summed E-state index contributed by atoms with van der Waals surface area (Å²) in [5.41, 5.74) is -0.285. The van der Waals surface area contributed by atoms with Crippen LogP contribution >= 0.6 is 0 Å². The van der Waals surface area contributed by atoms with E-state index in [1.807, 2.05) is 0 Å². The van der Waals surface area contributed by atoms with Crippen molar-refractivity contribution in [3.05, 3.63) is 58.9 Å². The van der Waals surface area contributed by atoms with E-state index in [-0.39, 0.29) is 27.7 Å². The van der Waals surface area contributed by atoms with Crippen molar-refractivity contribution >= 4 is 21.8 Å². The van der Waals surface area contributed by atoms with Crippen LogP contribution in [0.25, 0.3) is 33.1 Å². The Bertz CT molecular complexity index is 1190. The van der Waals surface area contributed by atoms with Crippen LogP contribution in [0.15, 0.2) is 47.5 Å². The molecule has 1 aromatic carbocycles. The van der Waals surface area contributed by atoms with E-state index >= 15 is 0 Å². The second-order valence-corrected chi connectivity index (χ2v) is 5.73. The van der Waals surface area contributed by atoms with Crippen molar-refractivity contribution in [3.8, 4) is 11.3 Å². The van der Waals surface area contributed by atoms with Gasteiger partial charge in [0.2, 0.25) is 0 Å². The number of nitrogens with zero attached hydrogens (tertiary/aromatic N) is 3. The lowest BCUT2D eigenvalue weighted by Crippen LogP contribution is -2.28. The Hall–Kier alpha value is -3.23. The molecule has 26 heavy (non-hydrogen) atoms. The fraction of sp³-hybridized carbons (Fsp3) is 0.118. The van der Waals surface area contributed by atoms with E-state index < -0.39 is 24.1 Å². The summed E-state index contributed by atoms with van der Waals surface area (Å²) in [6, 6.07) is 7.05. The van der Waals surface area contributed by atoms with Crippen LogP contribution < -0.4 is 5.56 Å². The minimum Gasteiger partial charge on any atom is -0.298 e. The first-order chi connectivity index (χ1) is 12.3. The van der Waals surface area contributed by atoms with Gasteiger partial charge in [-0.25, -0.2) is 4.39 Å². The maximum Gasteiger partial charge on any atom is 0.406 e. The maximum atomic E-state index is 14.0.